The molecule has 3 N–H and O–H groups in total. The van der Waals surface area contributed by atoms with E-state index in [9.17, 15) is 4.79 Å². The monoisotopic (exact) mass is 314 g/mol. The van der Waals surface area contributed by atoms with Crippen LogP contribution in [0.1, 0.15) is 12.8 Å². The van der Waals surface area contributed by atoms with Gasteiger partial charge in [0.2, 0.25) is 5.91 Å². The zero-order valence-corrected chi connectivity index (χ0v) is 11.8. The number of hydrogen-bond donors (Lipinski definition) is 2. The van der Waals surface area contributed by atoms with Crippen molar-refractivity contribution in [3.63, 3.8) is 0 Å². The van der Waals surface area contributed by atoms with Crippen molar-refractivity contribution in [2.24, 2.45) is 5.73 Å². The highest BCUT2D eigenvalue weighted by Crippen LogP contribution is 2.23. The minimum absolute atomic E-state index is 0.226. The number of hydrogen-bond acceptors (Lipinski definition) is 3. The summed E-state index contributed by atoms with van der Waals surface area (Å²) in [6.07, 6.45) is 2.32. The molecule has 1 atom stereocenters. The Bertz CT molecular complexity index is 392. The van der Waals surface area contributed by atoms with Gasteiger partial charge in [-0.1, -0.05) is 15.9 Å². The van der Waals surface area contributed by atoms with Gasteiger partial charge in [-0.15, -0.1) is 11.8 Å². The van der Waals surface area contributed by atoms with Crippen LogP contribution in [0, 0.1) is 0 Å². The van der Waals surface area contributed by atoms with E-state index in [1.165, 1.54) is 0 Å². The number of thioether (sulfide) groups is 1. The summed E-state index contributed by atoms with van der Waals surface area (Å²) < 4.78 is 1.06. The maximum atomic E-state index is 11.3. The molecular formula is C12H15BrN2OS. The number of benzene rings is 1. The summed E-state index contributed by atoms with van der Waals surface area (Å²) >= 11 is 5.05. The van der Waals surface area contributed by atoms with Crippen molar-refractivity contribution >= 4 is 33.6 Å². The molecule has 0 heterocycles. The Morgan fingerprint density at radius 1 is 1.47 bits per heavy atom. The zero-order valence-electron chi connectivity index (χ0n) is 9.36. The average molecular weight is 315 g/mol. The topological polar surface area (TPSA) is 55.1 Å². The molecule has 1 saturated carbocycles. The molecule has 92 valence electrons. The molecule has 5 heteroatoms. The van der Waals surface area contributed by atoms with Crippen molar-refractivity contribution in [1.29, 1.82) is 0 Å². The molecule has 17 heavy (non-hydrogen) atoms. The molecule has 0 saturated heterocycles. The number of rotatable bonds is 6. The molecule has 1 unspecified atom stereocenters. The molecular weight excluding hydrogens is 300 g/mol. The van der Waals surface area contributed by atoms with E-state index < -0.39 is 0 Å². The number of primary amides is 1. The van der Waals surface area contributed by atoms with Gasteiger partial charge in [0.15, 0.2) is 0 Å². The number of carbonyl (C=O) groups is 1. The largest absolute Gasteiger partial charge is 0.368 e. The fourth-order valence-corrected chi connectivity index (χ4v) is 2.67. The number of nitrogens with two attached hydrogens (primary N) is 1. The molecule has 0 spiro atoms. The molecule has 1 aliphatic rings. The van der Waals surface area contributed by atoms with Crippen LogP contribution in [0.25, 0.3) is 0 Å². The second kappa shape index (κ2) is 5.89. The molecule has 2 rings (SSSR count). The highest BCUT2D eigenvalue weighted by atomic mass is 79.9. The summed E-state index contributed by atoms with van der Waals surface area (Å²) in [7, 11) is 0. The standard InChI is InChI=1S/C12H15BrN2OS/c13-8-1-5-10(6-2-8)17-7-11(12(14)16)15-9-3-4-9/h1-2,5-6,9,11,15H,3-4,7H2,(H2,14,16). The molecule has 0 bridgehead atoms. The van der Waals surface area contributed by atoms with E-state index in [1.54, 1.807) is 11.8 Å². The Hall–Kier alpha value is -0.520. The molecule has 0 aliphatic heterocycles. The summed E-state index contributed by atoms with van der Waals surface area (Å²) in [6.45, 7) is 0. The predicted octanol–water partition coefficient (Wildman–Crippen LogP) is 2.15. The maximum Gasteiger partial charge on any atom is 0.235 e. The van der Waals surface area contributed by atoms with Gasteiger partial charge in [-0.2, -0.15) is 0 Å². The third-order valence-electron chi connectivity index (χ3n) is 2.59. The maximum absolute atomic E-state index is 11.3. The van der Waals surface area contributed by atoms with E-state index in [0.717, 1.165) is 22.2 Å². The van der Waals surface area contributed by atoms with Crippen LogP contribution in [-0.2, 0) is 4.79 Å². The van der Waals surface area contributed by atoms with Crippen LogP contribution < -0.4 is 11.1 Å². The Morgan fingerprint density at radius 3 is 2.65 bits per heavy atom. The third-order valence-corrected chi connectivity index (χ3v) is 4.22. The first-order chi connectivity index (χ1) is 8.15. The van der Waals surface area contributed by atoms with Crippen molar-refractivity contribution in [2.45, 2.75) is 29.8 Å². The van der Waals surface area contributed by atoms with Gasteiger partial charge in [-0.25, -0.2) is 0 Å². The molecule has 1 amide bonds. The lowest BCUT2D eigenvalue weighted by Crippen LogP contribution is -2.44. The van der Waals surface area contributed by atoms with E-state index in [-0.39, 0.29) is 11.9 Å². The highest BCUT2D eigenvalue weighted by Gasteiger charge is 2.27. The second-order valence-electron chi connectivity index (χ2n) is 4.16. The molecule has 0 radical (unpaired) electrons. The molecule has 3 nitrogen and oxygen atoms in total. The fraction of sp³-hybridized carbons (Fsp3) is 0.417. The number of halogens is 1. The van der Waals surface area contributed by atoms with Crippen LogP contribution in [0.15, 0.2) is 33.6 Å². The summed E-state index contributed by atoms with van der Waals surface area (Å²) in [5.74, 6) is 0.425. The van der Waals surface area contributed by atoms with Gasteiger partial charge >= 0.3 is 0 Å². The lowest BCUT2D eigenvalue weighted by Gasteiger charge is -2.14. The van der Waals surface area contributed by atoms with Crippen LogP contribution in [0.4, 0.5) is 0 Å². The van der Waals surface area contributed by atoms with E-state index in [0.29, 0.717) is 11.8 Å². The molecule has 1 aliphatic carbocycles. The Kier molecular flexibility index (Phi) is 4.48. The molecule has 1 aromatic rings. The number of nitrogens with one attached hydrogen (secondary N) is 1. The zero-order chi connectivity index (χ0) is 12.3. The first kappa shape index (κ1) is 12.9. The third kappa shape index (κ3) is 4.33. The smallest absolute Gasteiger partial charge is 0.235 e. The van der Waals surface area contributed by atoms with E-state index in [2.05, 4.69) is 21.2 Å². The average Bonchev–Trinajstić information content (AvgIpc) is 3.10. The highest BCUT2D eigenvalue weighted by molar-refractivity contribution is 9.10. The van der Waals surface area contributed by atoms with E-state index in [1.807, 2.05) is 24.3 Å². The fourth-order valence-electron chi connectivity index (χ4n) is 1.46. The molecule has 1 aromatic carbocycles. The van der Waals surface area contributed by atoms with Crippen molar-refractivity contribution < 1.29 is 4.79 Å². The number of amides is 1. The lowest BCUT2D eigenvalue weighted by molar-refractivity contribution is -0.119. The van der Waals surface area contributed by atoms with E-state index in [4.69, 9.17) is 5.73 Å². The van der Waals surface area contributed by atoms with Crippen molar-refractivity contribution in [3.8, 4) is 0 Å². The minimum atomic E-state index is -0.262. The predicted molar refractivity (Wildman–Crippen MR) is 74.0 cm³/mol. The van der Waals surface area contributed by atoms with Gasteiger partial charge in [-0.05, 0) is 37.1 Å². The second-order valence-corrected chi connectivity index (χ2v) is 6.17. The molecule has 0 aromatic heterocycles. The Labute approximate surface area is 114 Å². The van der Waals surface area contributed by atoms with Crippen molar-refractivity contribution in [1.82, 2.24) is 5.32 Å². The summed E-state index contributed by atoms with van der Waals surface area (Å²) in [4.78, 5) is 12.4. The van der Waals surface area contributed by atoms with Gasteiger partial charge in [0, 0.05) is 21.2 Å². The van der Waals surface area contributed by atoms with Crippen LogP contribution in [0.2, 0.25) is 0 Å². The Balaban J connectivity index is 1.85. The number of carbonyl (C=O) groups excluding carboxylic acids is 1. The van der Waals surface area contributed by atoms with Crippen LogP contribution in [0.3, 0.4) is 0 Å². The summed E-state index contributed by atoms with van der Waals surface area (Å²) in [5, 5.41) is 3.27. The van der Waals surface area contributed by atoms with Gasteiger partial charge in [0.25, 0.3) is 0 Å². The quantitative estimate of drug-likeness (QED) is 0.791. The van der Waals surface area contributed by atoms with Crippen LogP contribution in [-0.4, -0.2) is 23.7 Å². The first-order valence-corrected chi connectivity index (χ1v) is 7.37. The normalized spacial score (nSPS) is 16.8. The van der Waals surface area contributed by atoms with E-state index >= 15 is 0 Å². The first-order valence-electron chi connectivity index (χ1n) is 5.59. The van der Waals surface area contributed by atoms with Gasteiger partial charge < -0.3 is 11.1 Å². The SMILES string of the molecule is NC(=O)C(CSc1ccc(Br)cc1)NC1CC1. The van der Waals surface area contributed by atoms with Crippen LogP contribution in [0.5, 0.6) is 0 Å². The Morgan fingerprint density at radius 2 is 2.12 bits per heavy atom. The molecule has 1 fully saturated rings. The van der Waals surface area contributed by atoms with Gasteiger partial charge in [0.1, 0.15) is 0 Å². The summed E-state index contributed by atoms with van der Waals surface area (Å²) in [6, 6.07) is 8.33. The van der Waals surface area contributed by atoms with Gasteiger partial charge in [-0.3, -0.25) is 4.79 Å². The van der Waals surface area contributed by atoms with Gasteiger partial charge in [0.05, 0.1) is 6.04 Å². The minimum Gasteiger partial charge on any atom is -0.368 e. The lowest BCUT2D eigenvalue weighted by atomic mass is 10.3. The van der Waals surface area contributed by atoms with Crippen molar-refractivity contribution in [3.05, 3.63) is 28.7 Å². The van der Waals surface area contributed by atoms with Crippen LogP contribution >= 0.6 is 27.7 Å². The van der Waals surface area contributed by atoms with Crippen molar-refractivity contribution in [2.75, 3.05) is 5.75 Å². The summed E-state index contributed by atoms with van der Waals surface area (Å²) in [5.41, 5.74) is 5.38.